The van der Waals surface area contributed by atoms with E-state index in [0.29, 0.717) is 0 Å². The number of halogens is 2. The highest BCUT2D eigenvalue weighted by Crippen LogP contribution is 2.33. The second kappa shape index (κ2) is 5.55. The maximum Gasteiger partial charge on any atom is 0.159 e. The molecule has 1 aromatic rings. The van der Waals surface area contributed by atoms with Crippen LogP contribution in [0.4, 0.5) is 8.78 Å². The molecule has 0 spiro atoms. The van der Waals surface area contributed by atoms with Gasteiger partial charge in [-0.15, -0.1) is 0 Å². The molecule has 2 rings (SSSR count). The van der Waals surface area contributed by atoms with Gasteiger partial charge in [-0.1, -0.05) is 6.07 Å². The second-order valence-electron chi connectivity index (χ2n) is 5.74. The third kappa shape index (κ3) is 2.79. The highest BCUT2D eigenvalue weighted by Gasteiger charge is 2.37. The van der Waals surface area contributed by atoms with Gasteiger partial charge in [0, 0.05) is 11.6 Å². The first-order valence-electron chi connectivity index (χ1n) is 6.84. The molecule has 0 aliphatic carbocycles. The normalized spacial score (nSPS) is 18.8. The van der Waals surface area contributed by atoms with Crippen LogP contribution in [0.3, 0.4) is 0 Å². The fourth-order valence-electron chi connectivity index (χ4n) is 3.10. The molecule has 1 aliphatic heterocycles. The van der Waals surface area contributed by atoms with Gasteiger partial charge >= 0.3 is 0 Å². The lowest BCUT2D eigenvalue weighted by Gasteiger charge is -2.42. The zero-order chi connectivity index (χ0) is 14.0. The van der Waals surface area contributed by atoms with Gasteiger partial charge in [0.05, 0.1) is 0 Å². The second-order valence-corrected chi connectivity index (χ2v) is 5.74. The van der Waals surface area contributed by atoms with Gasteiger partial charge in [0.25, 0.3) is 0 Å². The zero-order valence-electron chi connectivity index (χ0n) is 11.8. The molecule has 2 nitrogen and oxygen atoms in total. The number of nitrogens with one attached hydrogen (secondary N) is 1. The molecule has 0 saturated carbocycles. The third-order valence-electron chi connectivity index (χ3n) is 4.19. The van der Waals surface area contributed by atoms with Crippen molar-refractivity contribution in [2.75, 3.05) is 20.1 Å². The quantitative estimate of drug-likeness (QED) is 0.902. The summed E-state index contributed by atoms with van der Waals surface area (Å²) in [7, 11) is 1.86. The van der Waals surface area contributed by atoms with Crippen LogP contribution >= 0.6 is 0 Å². The van der Waals surface area contributed by atoms with Gasteiger partial charge < -0.3 is 5.32 Å². The number of hydrogen-bond acceptors (Lipinski definition) is 2. The largest absolute Gasteiger partial charge is 0.311 e. The summed E-state index contributed by atoms with van der Waals surface area (Å²) < 4.78 is 26.5. The summed E-state index contributed by atoms with van der Waals surface area (Å²) >= 11 is 0. The number of rotatable bonds is 4. The topological polar surface area (TPSA) is 15.3 Å². The molecule has 1 aliphatic rings. The molecule has 1 N–H and O–H groups in total. The lowest BCUT2D eigenvalue weighted by atomic mass is 9.87. The SMILES string of the molecule is CNC(c1ccc(F)c(F)c1)C(C)(C)N1CCCC1. The van der Waals surface area contributed by atoms with E-state index in [0.717, 1.165) is 18.7 Å². The van der Waals surface area contributed by atoms with Crippen molar-refractivity contribution >= 4 is 0 Å². The predicted molar refractivity (Wildman–Crippen MR) is 73.0 cm³/mol. The van der Waals surface area contributed by atoms with Gasteiger partial charge in [-0.05, 0) is 64.5 Å². The van der Waals surface area contributed by atoms with Crippen LogP contribution in [-0.4, -0.2) is 30.6 Å². The van der Waals surface area contributed by atoms with Crippen LogP contribution in [0.25, 0.3) is 0 Å². The standard InChI is InChI=1S/C15H22F2N2/c1-15(2,19-8-4-5-9-19)14(18-3)11-6-7-12(16)13(17)10-11/h6-7,10,14,18H,4-5,8-9H2,1-3H3. The zero-order valence-corrected chi connectivity index (χ0v) is 11.8. The van der Waals surface area contributed by atoms with E-state index >= 15 is 0 Å². The van der Waals surface area contributed by atoms with Gasteiger partial charge in [0.15, 0.2) is 11.6 Å². The maximum absolute atomic E-state index is 13.4. The summed E-state index contributed by atoms with van der Waals surface area (Å²) in [5.41, 5.74) is 0.661. The van der Waals surface area contributed by atoms with Gasteiger partial charge in [0.1, 0.15) is 0 Å². The van der Waals surface area contributed by atoms with Crippen molar-refractivity contribution < 1.29 is 8.78 Å². The van der Waals surface area contributed by atoms with E-state index in [2.05, 4.69) is 24.1 Å². The molecule has 106 valence electrons. The maximum atomic E-state index is 13.4. The van der Waals surface area contributed by atoms with E-state index in [1.807, 2.05) is 7.05 Å². The van der Waals surface area contributed by atoms with Crippen LogP contribution in [-0.2, 0) is 0 Å². The molecule has 1 fully saturated rings. The van der Waals surface area contributed by atoms with E-state index < -0.39 is 11.6 Å². The molecular weight excluding hydrogens is 246 g/mol. The summed E-state index contributed by atoms with van der Waals surface area (Å²) in [5.74, 6) is -1.58. The lowest BCUT2D eigenvalue weighted by Crippen LogP contribution is -2.50. The van der Waals surface area contributed by atoms with Crippen molar-refractivity contribution in [2.24, 2.45) is 0 Å². The van der Waals surface area contributed by atoms with Gasteiger partial charge in [-0.2, -0.15) is 0 Å². The molecule has 4 heteroatoms. The fourth-order valence-corrected chi connectivity index (χ4v) is 3.10. The van der Waals surface area contributed by atoms with E-state index in [9.17, 15) is 8.78 Å². The molecule has 19 heavy (non-hydrogen) atoms. The summed E-state index contributed by atoms with van der Waals surface area (Å²) in [6.45, 7) is 6.44. The Bertz CT molecular complexity index is 440. The Labute approximate surface area is 113 Å². The first-order valence-corrected chi connectivity index (χ1v) is 6.84. The molecule has 1 saturated heterocycles. The van der Waals surface area contributed by atoms with Gasteiger partial charge in [-0.25, -0.2) is 8.78 Å². The van der Waals surface area contributed by atoms with Crippen LogP contribution in [0.1, 0.15) is 38.3 Å². The van der Waals surface area contributed by atoms with Crippen molar-refractivity contribution in [3.8, 4) is 0 Å². The molecule has 1 atom stereocenters. The minimum Gasteiger partial charge on any atom is -0.311 e. The molecule has 0 radical (unpaired) electrons. The molecule has 1 heterocycles. The first kappa shape index (κ1) is 14.4. The molecular formula is C15H22F2N2. The monoisotopic (exact) mass is 268 g/mol. The number of nitrogens with zero attached hydrogens (tertiary/aromatic N) is 1. The summed E-state index contributed by atoms with van der Waals surface area (Å²) in [6.07, 6.45) is 2.41. The third-order valence-corrected chi connectivity index (χ3v) is 4.19. The van der Waals surface area contributed by atoms with Crippen LogP contribution in [0.15, 0.2) is 18.2 Å². The molecule has 0 aromatic heterocycles. The van der Waals surface area contributed by atoms with Crippen molar-refractivity contribution in [3.05, 3.63) is 35.4 Å². The molecule has 1 unspecified atom stereocenters. The first-order chi connectivity index (χ1) is 8.96. The number of likely N-dealkylation sites (N-methyl/N-ethyl adjacent to an activating group) is 1. The van der Waals surface area contributed by atoms with Gasteiger partial charge in [-0.3, -0.25) is 4.90 Å². The van der Waals surface area contributed by atoms with Crippen molar-refractivity contribution in [1.82, 2.24) is 10.2 Å². The Morgan fingerprint density at radius 2 is 1.79 bits per heavy atom. The van der Waals surface area contributed by atoms with E-state index in [4.69, 9.17) is 0 Å². The molecule has 0 amide bonds. The van der Waals surface area contributed by atoms with Gasteiger partial charge in [0.2, 0.25) is 0 Å². The van der Waals surface area contributed by atoms with Crippen molar-refractivity contribution in [3.63, 3.8) is 0 Å². The average Bonchev–Trinajstić information content (AvgIpc) is 2.88. The van der Waals surface area contributed by atoms with E-state index in [-0.39, 0.29) is 11.6 Å². The number of hydrogen-bond donors (Lipinski definition) is 1. The smallest absolute Gasteiger partial charge is 0.159 e. The number of benzene rings is 1. The van der Waals surface area contributed by atoms with Crippen molar-refractivity contribution in [2.45, 2.75) is 38.3 Å². The summed E-state index contributed by atoms with van der Waals surface area (Å²) in [5, 5.41) is 3.25. The minimum atomic E-state index is -0.794. The average molecular weight is 268 g/mol. The highest BCUT2D eigenvalue weighted by atomic mass is 19.2. The highest BCUT2D eigenvalue weighted by molar-refractivity contribution is 5.24. The summed E-state index contributed by atoms with van der Waals surface area (Å²) in [6, 6.07) is 4.14. The molecule has 1 aromatic carbocycles. The minimum absolute atomic E-state index is 0.0271. The summed E-state index contributed by atoms with van der Waals surface area (Å²) in [4.78, 5) is 2.41. The van der Waals surface area contributed by atoms with E-state index in [1.165, 1.54) is 25.0 Å². The van der Waals surface area contributed by atoms with Crippen molar-refractivity contribution in [1.29, 1.82) is 0 Å². The fraction of sp³-hybridized carbons (Fsp3) is 0.600. The van der Waals surface area contributed by atoms with Crippen LogP contribution in [0, 0.1) is 11.6 Å². The van der Waals surface area contributed by atoms with Crippen LogP contribution < -0.4 is 5.32 Å². The van der Waals surface area contributed by atoms with E-state index in [1.54, 1.807) is 6.07 Å². The Morgan fingerprint density at radius 1 is 1.16 bits per heavy atom. The number of likely N-dealkylation sites (tertiary alicyclic amines) is 1. The Kier molecular flexibility index (Phi) is 4.21. The Balaban J connectivity index is 2.29. The predicted octanol–water partition coefficient (Wildman–Crippen LogP) is 3.10. The lowest BCUT2D eigenvalue weighted by molar-refractivity contribution is 0.110. The molecule has 0 bridgehead atoms. The van der Waals surface area contributed by atoms with Crippen LogP contribution in [0.5, 0.6) is 0 Å². The Hall–Kier alpha value is -1.00. The Morgan fingerprint density at radius 3 is 2.32 bits per heavy atom. The van der Waals surface area contributed by atoms with Crippen LogP contribution in [0.2, 0.25) is 0 Å².